The van der Waals surface area contributed by atoms with Crippen molar-refractivity contribution in [3.63, 3.8) is 0 Å². The lowest BCUT2D eigenvalue weighted by molar-refractivity contribution is -0.117. The number of aromatic amines is 1. The van der Waals surface area contributed by atoms with Crippen LogP contribution < -0.4 is 4.90 Å². The van der Waals surface area contributed by atoms with Gasteiger partial charge >= 0.3 is 0 Å². The van der Waals surface area contributed by atoms with Crippen LogP contribution in [0.4, 0.5) is 5.82 Å². The van der Waals surface area contributed by atoms with Gasteiger partial charge in [-0.1, -0.05) is 0 Å². The Hall–Kier alpha value is -2.02. The average molecular weight is 219 g/mol. The fourth-order valence-electron chi connectivity index (χ4n) is 1.86. The molecule has 2 aromatic heterocycles. The number of nitrogens with one attached hydrogen (secondary N) is 1. The van der Waals surface area contributed by atoms with Crippen LogP contribution in [0, 0.1) is 0 Å². The number of aliphatic hydroxyl groups is 1. The van der Waals surface area contributed by atoms with Crippen molar-refractivity contribution in [3.05, 3.63) is 12.5 Å². The molecule has 1 amide bonds. The summed E-state index contributed by atoms with van der Waals surface area (Å²) in [6, 6.07) is 0. The molecule has 0 bridgehead atoms. The highest BCUT2D eigenvalue weighted by Gasteiger charge is 2.31. The van der Waals surface area contributed by atoms with Crippen molar-refractivity contribution in [3.8, 4) is 0 Å². The Morgan fingerprint density at radius 2 is 2.38 bits per heavy atom. The van der Waals surface area contributed by atoms with E-state index in [1.54, 1.807) is 6.20 Å². The molecule has 0 radical (unpaired) electrons. The summed E-state index contributed by atoms with van der Waals surface area (Å²) >= 11 is 0. The molecule has 82 valence electrons. The van der Waals surface area contributed by atoms with Crippen LogP contribution in [0.15, 0.2) is 12.5 Å². The monoisotopic (exact) mass is 219 g/mol. The standard InChI is InChI=1S/C9H9N5O2/c15-5-1-7(16)14(3-5)9-6-2-12-13-8(6)10-4-11-9/h2,4-5,15H,1,3H2,(H,10,11,12,13). The van der Waals surface area contributed by atoms with Gasteiger partial charge in [-0.3, -0.25) is 14.8 Å². The zero-order valence-electron chi connectivity index (χ0n) is 8.29. The van der Waals surface area contributed by atoms with Crippen molar-refractivity contribution in [2.24, 2.45) is 0 Å². The lowest BCUT2D eigenvalue weighted by atomic mass is 10.3. The normalized spacial score (nSPS) is 20.9. The number of aliphatic hydroxyl groups excluding tert-OH is 1. The van der Waals surface area contributed by atoms with Gasteiger partial charge in [0.25, 0.3) is 0 Å². The fraction of sp³-hybridized carbons (Fsp3) is 0.333. The molecule has 2 aromatic rings. The van der Waals surface area contributed by atoms with Crippen molar-refractivity contribution in [1.29, 1.82) is 0 Å². The van der Waals surface area contributed by atoms with Gasteiger partial charge < -0.3 is 5.11 Å². The van der Waals surface area contributed by atoms with Crippen LogP contribution in [-0.2, 0) is 4.79 Å². The number of hydrogen-bond donors (Lipinski definition) is 2. The summed E-state index contributed by atoms with van der Waals surface area (Å²) in [4.78, 5) is 21.1. The number of aromatic nitrogens is 4. The number of β-amino-alcohol motifs (C(OH)–C–C–N with tert-alkyl or cyclic N) is 1. The van der Waals surface area contributed by atoms with Crippen LogP contribution in [0.3, 0.4) is 0 Å². The average Bonchev–Trinajstić information content (AvgIpc) is 2.84. The molecule has 3 heterocycles. The molecule has 7 heteroatoms. The van der Waals surface area contributed by atoms with Crippen LogP contribution in [0.25, 0.3) is 11.0 Å². The first-order valence-corrected chi connectivity index (χ1v) is 4.88. The Balaban J connectivity index is 2.12. The second kappa shape index (κ2) is 3.24. The molecule has 1 atom stereocenters. The molecule has 1 unspecified atom stereocenters. The second-order valence-electron chi connectivity index (χ2n) is 3.69. The maximum Gasteiger partial charge on any atom is 0.230 e. The van der Waals surface area contributed by atoms with Gasteiger partial charge in [0.1, 0.15) is 12.1 Å². The van der Waals surface area contributed by atoms with E-state index in [0.29, 0.717) is 16.9 Å². The van der Waals surface area contributed by atoms with E-state index < -0.39 is 6.10 Å². The molecule has 2 N–H and O–H groups in total. The largest absolute Gasteiger partial charge is 0.391 e. The third-order valence-electron chi connectivity index (χ3n) is 2.59. The third-order valence-corrected chi connectivity index (χ3v) is 2.59. The molecule has 1 saturated heterocycles. The number of fused-ring (bicyclic) bond motifs is 1. The van der Waals surface area contributed by atoms with E-state index >= 15 is 0 Å². The lowest BCUT2D eigenvalue weighted by Crippen LogP contribution is -2.26. The quantitative estimate of drug-likeness (QED) is 0.671. The molecule has 16 heavy (non-hydrogen) atoms. The summed E-state index contributed by atoms with van der Waals surface area (Å²) in [5, 5.41) is 16.7. The summed E-state index contributed by atoms with van der Waals surface area (Å²) in [6.45, 7) is 0.274. The van der Waals surface area contributed by atoms with Gasteiger partial charge in [-0.05, 0) is 0 Å². The van der Waals surface area contributed by atoms with Crippen molar-refractivity contribution in [2.75, 3.05) is 11.4 Å². The number of H-pyrrole nitrogens is 1. The first-order valence-electron chi connectivity index (χ1n) is 4.88. The predicted octanol–water partition coefficient (Wildman–Crippen LogP) is -0.550. The van der Waals surface area contributed by atoms with Crippen LogP contribution in [-0.4, -0.2) is 43.8 Å². The van der Waals surface area contributed by atoms with Gasteiger partial charge in [0.05, 0.1) is 30.7 Å². The first kappa shape index (κ1) is 9.22. The highest BCUT2D eigenvalue weighted by Crippen LogP contribution is 2.25. The van der Waals surface area contributed by atoms with Crippen molar-refractivity contribution >= 4 is 22.8 Å². The summed E-state index contributed by atoms with van der Waals surface area (Å²) in [7, 11) is 0. The molecule has 0 aromatic carbocycles. The van der Waals surface area contributed by atoms with E-state index in [9.17, 15) is 9.90 Å². The van der Waals surface area contributed by atoms with Gasteiger partial charge in [-0.25, -0.2) is 9.97 Å². The van der Waals surface area contributed by atoms with Crippen molar-refractivity contribution in [1.82, 2.24) is 20.2 Å². The number of nitrogens with zero attached hydrogens (tertiary/aromatic N) is 4. The number of anilines is 1. The minimum absolute atomic E-state index is 0.131. The van der Waals surface area contributed by atoms with Gasteiger partial charge in [0, 0.05) is 0 Å². The molecule has 3 rings (SSSR count). The Labute approximate surface area is 90.1 Å². The Bertz CT molecular complexity index is 552. The van der Waals surface area contributed by atoms with E-state index in [-0.39, 0.29) is 18.9 Å². The number of carbonyl (C=O) groups is 1. The van der Waals surface area contributed by atoms with E-state index in [1.165, 1.54) is 11.2 Å². The maximum absolute atomic E-state index is 11.6. The molecule has 1 aliphatic rings. The Kier molecular flexibility index (Phi) is 1.87. The fourth-order valence-corrected chi connectivity index (χ4v) is 1.86. The molecular formula is C9H9N5O2. The van der Waals surface area contributed by atoms with Crippen LogP contribution in [0.1, 0.15) is 6.42 Å². The van der Waals surface area contributed by atoms with Gasteiger partial charge in [0.2, 0.25) is 5.91 Å². The van der Waals surface area contributed by atoms with Crippen molar-refractivity contribution in [2.45, 2.75) is 12.5 Å². The number of hydrogen-bond acceptors (Lipinski definition) is 5. The maximum atomic E-state index is 11.6. The molecule has 0 spiro atoms. The highest BCUT2D eigenvalue weighted by molar-refractivity contribution is 6.01. The molecule has 0 aliphatic carbocycles. The molecule has 0 saturated carbocycles. The van der Waals surface area contributed by atoms with E-state index in [2.05, 4.69) is 20.2 Å². The lowest BCUT2D eigenvalue weighted by Gasteiger charge is -2.14. The zero-order chi connectivity index (χ0) is 11.1. The molecule has 1 fully saturated rings. The summed E-state index contributed by atoms with van der Waals surface area (Å²) < 4.78 is 0. The van der Waals surface area contributed by atoms with Gasteiger partial charge in [-0.2, -0.15) is 5.10 Å². The van der Waals surface area contributed by atoms with Crippen LogP contribution >= 0.6 is 0 Å². The predicted molar refractivity (Wildman–Crippen MR) is 54.7 cm³/mol. The zero-order valence-corrected chi connectivity index (χ0v) is 8.29. The van der Waals surface area contributed by atoms with E-state index in [1.807, 2.05) is 0 Å². The minimum Gasteiger partial charge on any atom is -0.391 e. The second-order valence-corrected chi connectivity index (χ2v) is 3.69. The van der Waals surface area contributed by atoms with Crippen molar-refractivity contribution < 1.29 is 9.90 Å². The summed E-state index contributed by atoms with van der Waals surface area (Å²) in [5.74, 6) is 0.369. The smallest absolute Gasteiger partial charge is 0.230 e. The highest BCUT2D eigenvalue weighted by atomic mass is 16.3. The van der Waals surface area contributed by atoms with Crippen LogP contribution in [0.5, 0.6) is 0 Å². The third kappa shape index (κ3) is 1.25. The Morgan fingerprint density at radius 1 is 1.50 bits per heavy atom. The molecule has 1 aliphatic heterocycles. The minimum atomic E-state index is -0.621. The van der Waals surface area contributed by atoms with Gasteiger partial charge in [0.15, 0.2) is 5.65 Å². The Morgan fingerprint density at radius 3 is 3.12 bits per heavy atom. The molecule has 7 nitrogen and oxygen atoms in total. The number of rotatable bonds is 1. The topological polar surface area (TPSA) is 95.0 Å². The number of amides is 1. The van der Waals surface area contributed by atoms with Gasteiger partial charge in [-0.15, -0.1) is 0 Å². The SMILES string of the molecule is O=C1CC(O)CN1c1ncnc2[nH]ncc12. The van der Waals surface area contributed by atoms with E-state index in [4.69, 9.17) is 0 Å². The first-order chi connectivity index (χ1) is 7.75. The summed E-state index contributed by atoms with van der Waals surface area (Å²) in [6.07, 6.45) is 2.46. The summed E-state index contributed by atoms with van der Waals surface area (Å²) in [5.41, 5.74) is 0.583. The molecular weight excluding hydrogens is 210 g/mol. The van der Waals surface area contributed by atoms with E-state index in [0.717, 1.165) is 0 Å². The number of carbonyl (C=O) groups excluding carboxylic acids is 1. The van der Waals surface area contributed by atoms with Crippen LogP contribution in [0.2, 0.25) is 0 Å².